The molecule has 1 aromatic carbocycles. The Morgan fingerprint density at radius 2 is 2.13 bits per heavy atom. The summed E-state index contributed by atoms with van der Waals surface area (Å²) >= 11 is 1.64. The molecule has 15 heavy (non-hydrogen) atoms. The van der Waals surface area contributed by atoms with Gasteiger partial charge in [0, 0.05) is 12.2 Å². The third-order valence-corrected chi connectivity index (χ3v) is 2.41. The van der Waals surface area contributed by atoms with Crippen LogP contribution < -0.4 is 5.48 Å². The van der Waals surface area contributed by atoms with Crippen molar-refractivity contribution in [2.24, 2.45) is 0 Å². The Balaban J connectivity index is 2.14. The van der Waals surface area contributed by atoms with Crippen LogP contribution in [0.1, 0.15) is 12.0 Å². The van der Waals surface area contributed by atoms with Gasteiger partial charge in [-0.05, 0) is 11.8 Å². The molecule has 1 amide bonds. The van der Waals surface area contributed by atoms with E-state index in [9.17, 15) is 4.79 Å². The molecule has 0 aliphatic rings. The molecule has 3 nitrogen and oxygen atoms in total. The molecule has 0 bridgehead atoms. The van der Waals surface area contributed by atoms with Crippen LogP contribution in [0.15, 0.2) is 30.3 Å². The van der Waals surface area contributed by atoms with E-state index in [1.165, 1.54) is 0 Å². The van der Waals surface area contributed by atoms with Gasteiger partial charge in [-0.2, -0.15) is 11.8 Å². The second kappa shape index (κ2) is 7.31. The number of rotatable bonds is 6. The van der Waals surface area contributed by atoms with Gasteiger partial charge in [-0.25, -0.2) is 5.48 Å². The maximum absolute atomic E-state index is 11.1. The summed E-state index contributed by atoms with van der Waals surface area (Å²) in [6.07, 6.45) is 2.47. The fourth-order valence-electron chi connectivity index (χ4n) is 1.02. The number of thioether (sulfide) groups is 1. The monoisotopic (exact) mass is 225 g/mol. The Bertz CT molecular complexity index is 290. The van der Waals surface area contributed by atoms with Crippen LogP contribution in [-0.2, 0) is 16.2 Å². The number of amides is 1. The standard InChI is InChI=1S/C11H15NO2S/c1-15-8-7-11(13)12-14-9-10-5-3-2-4-6-10/h2-6H,7-9H2,1H3,(H,12,13). The van der Waals surface area contributed by atoms with E-state index in [1.54, 1.807) is 11.8 Å². The highest BCUT2D eigenvalue weighted by Crippen LogP contribution is 1.99. The summed E-state index contributed by atoms with van der Waals surface area (Å²) in [5.41, 5.74) is 3.46. The summed E-state index contributed by atoms with van der Waals surface area (Å²) < 4.78 is 0. The lowest BCUT2D eigenvalue weighted by Crippen LogP contribution is -2.23. The Hall–Kier alpha value is -1.00. The number of benzene rings is 1. The summed E-state index contributed by atoms with van der Waals surface area (Å²) in [6, 6.07) is 9.73. The SMILES string of the molecule is CSCCC(=O)NOCc1ccccc1. The highest BCUT2D eigenvalue weighted by Gasteiger charge is 1.99. The van der Waals surface area contributed by atoms with Crippen molar-refractivity contribution in [2.45, 2.75) is 13.0 Å². The Morgan fingerprint density at radius 1 is 1.40 bits per heavy atom. The molecule has 0 unspecified atom stereocenters. The topological polar surface area (TPSA) is 38.3 Å². The van der Waals surface area contributed by atoms with Gasteiger partial charge in [-0.3, -0.25) is 9.63 Å². The van der Waals surface area contributed by atoms with Crippen LogP contribution in [0.3, 0.4) is 0 Å². The third-order valence-electron chi connectivity index (χ3n) is 1.80. The van der Waals surface area contributed by atoms with E-state index in [0.717, 1.165) is 11.3 Å². The van der Waals surface area contributed by atoms with Gasteiger partial charge in [0.15, 0.2) is 0 Å². The maximum atomic E-state index is 11.1. The number of carbonyl (C=O) groups is 1. The Kier molecular flexibility index (Phi) is 5.88. The quantitative estimate of drug-likeness (QED) is 0.752. The predicted molar refractivity (Wildman–Crippen MR) is 62.4 cm³/mol. The zero-order chi connectivity index (χ0) is 10.9. The normalized spacial score (nSPS) is 9.93. The van der Waals surface area contributed by atoms with E-state index in [0.29, 0.717) is 13.0 Å². The molecule has 1 N–H and O–H groups in total. The molecule has 0 saturated heterocycles. The third kappa shape index (κ3) is 5.44. The summed E-state index contributed by atoms with van der Waals surface area (Å²) in [5.74, 6) is 0.751. The first-order valence-electron chi connectivity index (χ1n) is 4.76. The summed E-state index contributed by atoms with van der Waals surface area (Å²) in [4.78, 5) is 16.2. The molecule has 0 aliphatic heterocycles. The first-order valence-corrected chi connectivity index (χ1v) is 6.16. The number of hydrogen-bond donors (Lipinski definition) is 1. The highest BCUT2D eigenvalue weighted by molar-refractivity contribution is 7.98. The van der Waals surface area contributed by atoms with E-state index in [-0.39, 0.29) is 5.91 Å². The number of nitrogens with one attached hydrogen (secondary N) is 1. The molecule has 0 heterocycles. The number of carbonyl (C=O) groups excluding carboxylic acids is 1. The van der Waals surface area contributed by atoms with Crippen molar-refractivity contribution in [2.75, 3.05) is 12.0 Å². The average molecular weight is 225 g/mol. The van der Waals surface area contributed by atoms with Crippen molar-refractivity contribution in [3.8, 4) is 0 Å². The van der Waals surface area contributed by atoms with Crippen LogP contribution >= 0.6 is 11.8 Å². The van der Waals surface area contributed by atoms with Crippen molar-refractivity contribution in [3.05, 3.63) is 35.9 Å². The summed E-state index contributed by atoms with van der Waals surface area (Å²) in [5, 5.41) is 0. The van der Waals surface area contributed by atoms with Crippen LogP contribution in [0.25, 0.3) is 0 Å². The van der Waals surface area contributed by atoms with E-state index < -0.39 is 0 Å². The molecule has 0 fully saturated rings. The van der Waals surface area contributed by atoms with Crippen LogP contribution in [-0.4, -0.2) is 17.9 Å². The molecular weight excluding hydrogens is 210 g/mol. The Morgan fingerprint density at radius 3 is 2.80 bits per heavy atom. The van der Waals surface area contributed by atoms with Gasteiger partial charge < -0.3 is 0 Å². The van der Waals surface area contributed by atoms with Crippen molar-refractivity contribution in [3.63, 3.8) is 0 Å². The first-order chi connectivity index (χ1) is 7.33. The first kappa shape index (κ1) is 12.1. The molecule has 0 radical (unpaired) electrons. The number of hydrogen-bond acceptors (Lipinski definition) is 3. The molecule has 4 heteroatoms. The van der Waals surface area contributed by atoms with Crippen molar-refractivity contribution >= 4 is 17.7 Å². The van der Waals surface area contributed by atoms with Gasteiger partial charge in [-0.1, -0.05) is 30.3 Å². The van der Waals surface area contributed by atoms with E-state index >= 15 is 0 Å². The maximum Gasteiger partial charge on any atom is 0.244 e. The average Bonchev–Trinajstić information content (AvgIpc) is 2.28. The minimum absolute atomic E-state index is 0.0692. The zero-order valence-electron chi connectivity index (χ0n) is 8.73. The van der Waals surface area contributed by atoms with Crippen molar-refractivity contribution < 1.29 is 9.63 Å². The lowest BCUT2D eigenvalue weighted by Gasteiger charge is -2.05. The second-order valence-electron chi connectivity index (χ2n) is 3.04. The molecular formula is C11H15NO2S. The van der Waals surface area contributed by atoms with Crippen LogP contribution in [0.2, 0.25) is 0 Å². The summed E-state index contributed by atoms with van der Waals surface area (Å²) in [7, 11) is 0. The fourth-order valence-corrected chi connectivity index (χ4v) is 1.41. The van der Waals surface area contributed by atoms with E-state index in [2.05, 4.69) is 5.48 Å². The molecule has 0 atom stereocenters. The second-order valence-corrected chi connectivity index (χ2v) is 4.03. The molecule has 0 saturated carbocycles. The largest absolute Gasteiger partial charge is 0.273 e. The fraction of sp³-hybridized carbons (Fsp3) is 0.364. The van der Waals surface area contributed by atoms with Gasteiger partial charge in [0.1, 0.15) is 0 Å². The van der Waals surface area contributed by atoms with Gasteiger partial charge in [0.05, 0.1) is 6.61 Å². The van der Waals surface area contributed by atoms with Crippen LogP contribution in [0, 0.1) is 0 Å². The predicted octanol–water partition coefficient (Wildman–Crippen LogP) is 1.99. The van der Waals surface area contributed by atoms with Crippen LogP contribution in [0.5, 0.6) is 0 Å². The minimum atomic E-state index is -0.0692. The molecule has 0 aliphatic carbocycles. The smallest absolute Gasteiger partial charge is 0.244 e. The lowest BCUT2D eigenvalue weighted by atomic mass is 10.2. The minimum Gasteiger partial charge on any atom is -0.273 e. The van der Waals surface area contributed by atoms with Crippen LogP contribution in [0.4, 0.5) is 0 Å². The van der Waals surface area contributed by atoms with Crippen molar-refractivity contribution in [1.29, 1.82) is 0 Å². The van der Waals surface area contributed by atoms with Gasteiger partial charge in [0.2, 0.25) is 5.91 Å². The van der Waals surface area contributed by atoms with Gasteiger partial charge in [0.25, 0.3) is 0 Å². The lowest BCUT2D eigenvalue weighted by molar-refractivity contribution is -0.134. The molecule has 82 valence electrons. The van der Waals surface area contributed by atoms with E-state index in [1.807, 2.05) is 36.6 Å². The van der Waals surface area contributed by atoms with E-state index in [4.69, 9.17) is 4.84 Å². The molecule has 1 rings (SSSR count). The number of hydroxylamine groups is 1. The van der Waals surface area contributed by atoms with Gasteiger partial charge in [-0.15, -0.1) is 0 Å². The molecule has 1 aromatic rings. The molecule has 0 spiro atoms. The van der Waals surface area contributed by atoms with Crippen molar-refractivity contribution in [1.82, 2.24) is 5.48 Å². The highest BCUT2D eigenvalue weighted by atomic mass is 32.2. The summed E-state index contributed by atoms with van der Waals surface area (Å²) in [6.45, 7) is 0.409. The Labute approximate surface area is 94.2 Å². The zero-order valence-corrected chi connectivity index (χ0v) is 9.55. The van der Waals surface area contributed by atoms with Gasteiger partial charge >= 0.3 is 0 Å². The molecule has 0 aromatic heterocycles.